The molecule has 16 heavy (non-hydrogen) atoms. The molecule has 1 heterocycles. The smallest absolute Gasteiger partial charge is 0.321 e. The van der Waals surface area contributed by atoms with E-state index in [-0.39, 0.29) is 18.4 Å². The van der Waals surface area contributed by atoms with Crippen LogP contribution in [-0.4, -0.2) is 45.1 Å². The average Bonchev–Trinajstić information content (AvgIpc) is 2.17. The second-order valence-corrected chi connectivity index (χ2v) is 6.12. The van der Waals surface area contributed by atoms with Gasteiger partial charge in [-0.25, -0.2) is 8.42 Å². The molecular formula is C10H19NO4S. The van der Waals surface area contributed by atoms with Gasteiger partial charge in [0.1, 0.15) is 5.75 Å². The van der Waals surface area contributed by atoms with Gasteiger partial charge in [0.15, 0.2) is 9.84 Å². The normalized spacial score (nSPS) is 21.7. The number of carbonyl (C=O) groups is 1. The van der Waals surface area contributed by atoms with E-state index in [1.54, 1.807) is 6.92 Å². The van der Waals surface area contributed by atoms with Gasteiger partial charge in [-0.1, -0.05) is 6.42 Å². The van der Waals surface area contributed by atoms with Crippen molar-refractivity contribution in [3.8, 4) is 0 Å². The fourth-order valence-corrected chi connectivity index (χ4v) is 3.27. The fourth-order valence-electron chi connectivity index (χ4n) is 1.81. The monoisotopic (exact) mass is 249 g/mol. The number of sulfone groups is 1. The number of esters is 1. The zero-order chi connectivity index (χ0) is 12.0. The third-order valence-corrected chi connectivity index (χ3v) is 4.10. The number of hydrogen-bond acceptors (Lipinski definition) is 5. The van der Waals surface area contributed by atoms with Gasteiger partial charge in [-0.15, -0.1) is 0 Å². The number of ether oxygens (including phenoxy) is 1. The second-order valence-electron chi connectivity index (χ2n) is 4.01. The fraction of sp³-hybridized carbons (Fsp3) is 0.900. The van der Waals surface area contributed by atoms with Crippen molar-refractivity contribution >= 4 is 15.8 Å². The molecule has 1 N–H and O–H groups in total. The Morgan fingerprint density at radius 1 is 1.44 bits per heavy atom. The first-order chi connectivity index (χ1) is 7.53. The molecule has 0 aromatic rings. The van der Waals surface area contributed by atoms with Gasteiger partial charge in [0.2, 0.25) is 0 Å². The van der Waals surface area contributed by atoms with E-state index in [9.17, 15) is 13.2 Å². The summed E-state index contributed by atoms with van der Waals surface area (Å²) in [6.45, 7) is 2.74. The van der Waals surface area contributed by atoms with Crippen molar-refractivity contribution in [1.29, 1.82) is 0 Å². The third-order valence-electron chi connectivity index (χ3n) is 2.51. The number of nitrogens with one attached hydrogen (secondary N) is 1. The van der Waals surface area contributed by atoms with E-state index in [1.165, 1.54) is 0 Å². The molecular weight excluding hydrogens is 230 g/mol. The Labute approximate surface area is 96.5 Å². The summed E-state index contributed by atoms with van der Waals surface area (Å²) in [6, 6.07) is -0.00632. The molecule has 1 rings (SSSR count). The standard InChI is InChI=1S/C10H19NO4S/c1-2-15-10(12)8-16(13,14)7-9-5-3-4-6-11-9/h9,11H,2-8H2,1H3. The Morgan fingerprint density at radius 3 is 2.75 bits per heavy atom. The first-order valence-electron chi connectivity index (χ1n) is 5.63. The lowest BCUT2D eigenvalue weighted by Crippen LogP contribution is -2.40. The van der Waals surface area contributed by atoms with Crippen LogP contribution >= 0.6 is 0 Å². The summed E-state index contributed by atoms with van der Waals surface area (Å²) in [7, 11) is -3.34. The van der Waals surface area contributed by atoms with Crippen LogP contribution in [-0.2, 0) is 19.4 Å². The highest BCUT2D eigenvalue weighted by Gasteiger charge is 2.23. The van der Waals surface area contributed by atoms with Crippen LogP contribution in [0.3, 0.4) is 0 Å². The minimum atomic E-state index is -3.34. The summed E-state index contributed by atoms with van der Waals surface area (Å²) in [6.07, 6.45) is 3.00. The Hall–Kier alpha value is -0.620. The maximum absolute atomic E-state index is 11.6. The number of piperidine rings is 1. The molecule has 0 spiro atoms. The summed E-state index contributed by atoms with van der Waals surface area (Å²) in [5.41, 5.74) is 0. The number of carbonyl (C=O) groups excluding carboxylic acids is 1. The largest absolute Gasteiger partial charge is 0.465 e. The van der Waals surface area contributed by atoms with Crippen LogP contribution in [0.15, 0.2) is 0 Å². The van der Waals surface area contributed by atoms with Crippen LogP contribution in [0.4, 0.5) is 0 Å². The first-order valence-corrected chi connectivity index (χ1v) is 7.45. The van der Waals surface area contributed by atoms with E-state index in [1.807, 2.05) is 0 Å². The quantitative estimate of drug-likeness (QED) is 0.700. The molecule has 0 aliphatic carbocycles. The minimum Gasteiger partial charge on any atom is -0.465 e. The Kier molecular flexibility index (Phi) is 5.21. The SMILES string of the molecule is CCOC(=O)CS(=O)(=O)CC1CCCCN1. The van der Waals surface area contributed by atoms with Crippen LogP contribution in [0.1, 0.15) is 26.2 Å². The molecule has 5 nitrogen and oxygen atoms in total. The van der Waals surface area contributed by atoms with E-state index in [2.05, 4.69) is 10.1 Å². The number of hydrogen-bond donors (Lipinski definition) is 1. The van der Waals surface area contributed by atoms with Crippen molar-refractivity contribution in [2.24, 2.45) is 0 Å². The van der Waals surface area contributed by atoms with Gasteiger partial charge in [0, 0.05) is 6.04 Å². The lowest BCUT2D eigenvalue weighted by molar-refractivity contribution is -0.139. The maximum atomic E-state index is 11.6. The van der Waals surface area contributed by atoms with E-state index in [0.29, 0.717) is 0 Å². The van der Waals surface area contributed by atoms with Crippen molar-refractivity contribution in [3.63, 3.8) is 0 Å². The molecule has 0 bridgehead atoms. The van der Waals surface area contributed by atoms with Crippen molar-refractivity contribution in [2.45, 2.75) is 32.2 Å². The molecule has 1 fully saturated rings. The van der Waals surface area contributed by atoms with E-state index >= 15 is 0 Å². The predicted octanol–water partition coefficient (Wildman–Crippen LogP) is 0.106. The number of rotatable bonds is 5. The molecule has 1 aliphatic heterocycles. The van der Waals surface area contributed by atoms with Gasteiger partial charge >= 0.3 is 5.97 Å². The van der Waals surface area contributed by atoms with Crippen LogP contribution in [0, 0.1) is 0 Å². The summed E-state index contributed by atoms with van der Waals surface area (Å²) in [4.78, 5) is 11.1. The molecule has 1 atom stereocenters. The Bertz CT molecular complexity index is 320. The molecule has 1 aliphatic rings. The van der Waals surface area contributed by atoms with Crippen molar-refractivity contribution in [2.75, 3.05) is 24.7 Å². The minimum absolute atomic E-state index is 0.00632. The summed E-state index contributed by atoms with van der Waals surface area (Å²) < 4.78 is 27.9. The lowest BCUT2D eigenvalue weighted by Gasteiger charge is -2.22. The van der Waals surface area contributed by atoms with Gasteiger partial charge < -0.3 is 10.1 Å². The topological polar surface area (TPSA) is 72.5 Å². The van der Waals surface area contributed by atoms with Gasteiger partial charge in [0.05, 0.1) is 12.4 Å². The van der Waals surface area contributed by atoms with Crippen molar-refractivity contribution in [1.82, 2.24) is 5.32 Å². The van der Waals surface area contributed by atoms with Gasteiger partial charge in [-0.05, 0) is 26.3 Å². The van der Waals surface area contributed by atoms with Gasteiger partial charge in [-0.2, -0.15) is 0 Å². The van der Waals surface area contributed by atoms with Crippen molar-refractivity contribution in [3.05, 3.63) is 0 Å². The highest BCUT2D eigenvalue weighted by molar-refractivity contribution is 7.92. The van der Waals surface area contributed by atoms with Gasteiger partial charge in [-0.3, -0.25) is 4.79 Å². The third kappa shape index (κ3) is 4.94. The molecule has 0 aromatic carbocycles. The van der Waals surface area contributed by atoms with Gasteiger partial charge in [0.25, 0.3) is 0 Å². The van der Waals surface area contributed by atoms with E-state index in [4.69, 9.17) is 0 Å². The van der Waals surface area contributed by atoms with Crippen LogP contribution in [0.5, 0.6) is 0 Å². The molecule has 94 valence electrons. The highest BCUT2D eigenvalue weighted by atomic mass is 32.2. The van der Waals surface area contributed by atoms with E-state index in [0.717, 1.165) is 25.8 Å². The maximum Gasteiger partial charge on any atom is 0.321 e. The van der Waals surface area contributed by atoms with E-state index < -0.39 is 21.6 Å². The highest BCUT2D eigenvalue weighted by Crippen LogP contribution is 2.09. The molecule has 0 aromatic heterocycles. The second kappa shape index (κ2) is 6.20. The first kappa shape index (κ1) is 13.4. The van der Waals surface area contributed by atoms with Crippen LogP contribution in [0.2, 0.25) is 0 Å². The molecule has 1 saturated heterocycles. The average molecular weight is 249 g/mol. The molecule has 0 radical (unpaired) electrons. The summed E-state index contributed by atoms with van der Waals surface area (Å²) in [5.74, 6) is -1.12. The summed E-state index contributed by atoms with van der Waals surface area (Å²) in [5, 5.41) is 3.15. The zero-order valence-corrected chi connectivity index (χ0v) is 10.4. The summed E-state index contributed by atoms with van der Waals surface area (Å²) >= 11 is 0. The molecule has 0 saturated carbocycles. The Balaban J connectivity index is 2.41. The zero-order valence-electron chi connectivity index (χ0n) is 9.57. The Morgan fingerprint density at radius 2 is 2.19 bits per heavy atom. The van der Waals surface area contributed by atoms with Crippen LogP contribution < -0.4 is 5.32 Å². The molecule has 6 heteroatoms. The lowest BCUT2D eigenvalue weighted by atomic mass is 10.1. The van der Waals surface area contributed by atoms with Crippen molar-refractivity contribution < 1.29 is 17.9 Å². The molecule has 0 amide bonds. The van der Waals surface area contributed by atoms with Crippen LogP contribution in [0.25, 0.3) is 0 Å². The molecule has 1 unspecified atom stereocenters. The predicted molar refractivity (Wildman–Crippen MR) is 60.9 cm³/mol.